The van der Waals surface area contributed by atoms with E-state index < -0.39 is 0 Å². The van der Waals surface area contributed by atoms with Gasteiger partial charge in [-0.05, 0) is 12.1 Å². The van der Waals surface area contributed by atoms with Gasteiger partial charge in [-0.15, -0.1) is 0 Å². The van der Waals surface area contributed by atoms with E-state index in [9.17, 15) is 9.59 Å². The maximum atomic E-state index is 11.1. The maximum absolute atomic E-state index is 11.1. The number of Topliss-reactive ketones (excluding diaryl/α,β-unsaturated/α-hetero) is 1. The average molecular weight is 179 g/mol. The highest BCUT2D eigenvalue weighted by atomic mass is 16.3. The number of carbonyl (C=O) groups is 2. The summed E-state index contributed by atoms with van der Waals surface area (Å²) < 4.78 is 5.10. The van der Waals surface area contributed by atoms with Crippen molar-refractivity contribution in [1.29, 1.82) is 0 Å². The van der Waals surface area contributed by atoms with Gasteiger partial charge < -0.3 is 9.73 Å². The maximum Gasteiger partial charge on any atom is 0.228 e. The Bertz CT molecular complexity index is 313. The Labute approximate surface area is 74.9 Å². The molecule has 2 rings (SSSR count). The molecular weight excluding hydrogens is 170 g/mol. The van der Waals surface area contributed by atoms with Crippen LogP contribution in [-0.4, -0.2) is 11.7 Å². The van der Waals surface area contributed by atoms with Crippen LogP contribution in [0.2, 0.25) is 0 Å². The Morgan fingerprint density at radius 1 is 1.46 bits per heavy atom. The molecule has 0 aromatic carbocycles. The van der Waals surface area contributed by atoms with Crippen LogP contribution >= 0.6 is 0 Å². The highest BCUT2D eigenvalue weighted by Gasteiger charge is 2.26. The van der Waals surface area contributed by atoms with Gasteiger partial charge in [0.15, 0.2) is 0 Å². The number of hydrogen-bond donors (Lipinski definition) is 1. The monoisotopic (exact) mass is 179 g/mol. The minimum absolute atomic E-state index is 0.00277. The number of piperidine rings is 1. The molecule has 0 spiro atoms. The molecule has 1 aliphatic rings. The second kappa shape index (κ2) is 3.05. The molecule has 1 amide bonds. The molecule has 1 atom stereocenters. The first-order valence-corrected chi connectivity index (χ1v) is 4.10. The molecule has 68 valence electrons. The van der Waals surface area contributed by atoms with Crippen molar-refractivity contribution in [2.75, 3.05) is 0 Å². The lowest BCUT2D eigenvalue weighted by molar-refractivity contribution is -0.132. The molecule has 1 N–H and O–H groups in total. The smallest absolute Gasteiger partial charge is 0.228 e. The van der Waals surface area contributed by atoms with E-state index in [1.54, 1.807) is 12.1 Å². The average Bonchev–Trinajstić information content (AvgIpc) is 2.53. The molecule has 4 nitrogen and oxygen atoms in total. The third-order valence-corrected chi connectivity index (χ3v) is 2.01. The minimum Gasteiger partial charge on any atom is -0.467 e. The number of hydrogen-bond acceptors (Lipinski definition) is 3. The van der Waals surface area contributed by atoms with Crippen LogP contribution in [0.5, 0.6) is 0 Å². The number of amides is 1. The Kier molecular flexibility index (Phi) is 1.88. The van der Waals surface area contributed by atoms with Crippen molar-refractivity contribution in [3.05, 3.63) is 24.2 Å². The lowest BCUT2D eigenvalue weighted by Crippen LogP contribution is -2.36. The van der Waals surface area contributed by atoms with E-state index in [1.165, 1.54) is 6.26 Å². The molecular formula is C9H9NO3. The summed E-state index contributed by atoms with van der Waals surface area (Å²) in [6.45, 7) is 0. The van der Waals surface area contributed by atoms with Crippen molar-refractivity contribution in [3.63, 3.8) is 0 Å². The second-order valence-corrected chi connectivity index (χ2v) is 3.06. The van der Waals surface area contributed by atoms with Crippen LogP contribution in [0.1, 0.15) is 24.6 Å². The molecule has 0 saturated carbocycles. The van der Waals surface area contributed by atoms with Gasteiger partial charge in [0.25, 0.3) is 0 Å². The highest BCUT2D eigenvalue weighted by Crippen LogP contribution is 2.21. The van der Waals surface area contributed by atoms with E-state index in [4.69, 9.17) is 4.42 Å². The first-order valence-electron chi connectivity index (χ1n) is 4.10. The molecule has 1 aliphatic heterocycles. The number of rotatable bonds is 1. The van der Waals surface area contributed by atoms with E-state index >= 15 is 0 Å². The van der Waals surface area contributed by atoms with E-state index in [1.807, 2.05) is 0 Å². The fraction of sp³-hybridized carbons (Fsp3) is 0.333. The summed E-state index contributed by atoms with van der Waals surface area (Å²) in [4.78, 5) is 22.1. The van der Waals surface area contributed by atoms with Crippen LogP contribution in [0.4, 0.5) is 0 Å². The van der Waals surface area contributed by atoms with Crippen molar-refractivity contribution in [2.24, 2.45) is 0 Å². The zero-order valence-corrected chi connectivity index (χ0v) is 6.95. The largest absolute Gasteiger partial charge is 0.467 e. The lowest BCUT2D eigenvalue weighted by atomic mass is 10.0. The zero-order valence-electron chi connectivity index (χ0n) is 6.95. The molecule has 0 bridgehead atoms. The van der Waals surface area contributed by atoms with Crippen molar-refractivity contribution in [2.45, 2.75) is 18.9 Å². The van der Waals surface area contributed by atoms with Gasteiger partial charge in [-0.1, -0.05) is 0 Å². The quantitative estimate of drug-likeness (QED) is 0.648. The normalized spacial score (nSPS) is 22.9. The summed E-state index contributed by atoms with van der Waals surface area (Å²) in [6.07, 6.45) is 1.86. The van der Waals surface area contributed by atoms with Crippen molar-refractivity contribution in [1.82, 2.24) is 5.32 Å². The van der Waals surface area contributed by atoms with E-state index in [2.05, 4.69) is 5.32 Å². The third kappa shape index (κ3) is 1.61. The molecule has 1 aromatic heterocycles. The fourth-order valence-electron chi connectivity index (χ4n) is 1.44. The van der Waals surface area contributed by atoms with Gasteiger partial charge in [0.1, 0.15) is 11.5 Å². The lowest BCUT2D eigenvalue weighted by Gasteiger charge is -2.20. The second-order valence-electron chi connectivity index (χ2n) is 3.06. The predicted octanol–water partition coefficient (Wildman–Crippen LogP) is 0.800. The van der Waals surface area contributed by atoms with Crippen LogP contribution in [-0.2, 0) is 9.59 Å². The molecule has 4 heteroatoms. The van der Waals surface area contributed by atoms with E-state index in [0.29, 0.717) is 12.2 Å². The number of furan rings is 1. The van der Waals surface area contributed by atoms with Crippen LogP contribution in [0.25, 0.3) is 0 Å². The Morgan fingerprint density at radius 3 is 2.92 bits per heavy atom. The van der Waals surface area contributed by atoms with Crippen LogP contribution in [0.15, 0.2) is 22.8 Å². The molecule has 0 unspecified atom stereocenters. The zero-order chi connectivity index (χ0) is 9.26. The first-order chi connectivity index (χ1) is 6.25. The molecule has 1 saturated heterocycles. The molecule has 0 radical (unpaired) electrons. The van der Waals surface area contributed by atoms with Crippen molar-refractivity contribution < 1.29 is 14.0 Å². The van der Waals surface area contributed by atoms with Crippen molar-refractivity contribution >= 4 is 11.7 Å². The standard InChI is InChI=1S/C9H9NO3/c11-6-4-7(10-9(12)5-6)8-2-1-3-13-8/h1-3,7H,4-5H2,(H,10,12)/t7-/m0/s1. The first kappa shape index (κ1) is 8.04. The van der Waals surface area contributed by atoms with E-state index in [-0.39, 0.29) is 24.2 Å². The van der Waals surface area contributed by atoms with Gasteiger partial charge in [-0.3, -0.25) is 9.59 Å². The van der Waals surface area contributed by atoms with Crippen LogP contribution < -0.4 is 5.32 Å². The van der Waals surface area contributed by atoms with Gasteiger partial charge in [0.2, 0.25) is 5.91 Å². The van der Waals surface area contributed by atoms with Gasteiger partial charge >= 0.3 is 0 Å². The molecule has 0 aliphatic carbocycles. The predicted molar refractivity (Wildman–Crippen MR) is 43.8 cm³/mol. The Morgan fingerprint density at radius 2 is 2.31 bits per heavy atom. The van der Waals surface area contributed by atoms with Crippen molar-refractivity contribution in [3.8, 4) is 0 Å². The summed E-state index contributed by atoms with van der Waals surface area (Å²) in [7, 11) is 0. The summed E-state index contributed by atoms with van der Waals surface area (Å²) >= 11 is 0. The van der Waals surface area contributed by atoms with Gasteiger partial charge in [-0.25, -0.2) is 0 Å². The summed E-state index contributed by atoms with van der Waals surface area (Å²) in [5, 5.41) is 2.70. The van der Waals surface area contributed by atoms with Crippen LogP contribution in [0.3, 0.4) is 0 Å². The molecule has 1 fully saturated rings. The fourth-order valence-corrected chi connectivity index (χ4v) is 1.44. The molecule has 2 heterocycles. The van der Waals surface area contributed by atoms with Crippen LogP contribution in [0, 0.1) is 0 Å². The summed E-state index contributed by atoms with van der Waals surface area (Å²) in [5.41, 5.74) is 0. The summed E-state index contributed by atoms with van der Waals surface area (Å²) in [6, 6.07) is 3.22. The SMILES string of the molecule is O=C1CC(=O)N[C@H](c2ccco2)C1. The topological polar surface area (TPSA) is 59.3 Å². The van der Waals surface area contributed by atoms with E-state index in [0.717, 1.165) is 0 Å². The van der Waals surface area contributed by atoms with Gasteiger partial charge in [-0.2, -0.15) is 0 Å². The molecule has 1 aromatic rings. The van der Waals surface area contributed by atoms with Gasteiger partial charge in [0, 0.05) is 6.42 Å². The third-order valence-electron chi connectivity index (χ3n) is 2.01. The highest BCUT2D eigenvalue weighted by molar-refractivity contribution is 6.00. The molecule has 13 heavy (non-hydrogen) atoms. The summed E-state index contributed by atoms with van der Waals surface area (Å²) in [5.74, 6) is 0.379. The number of ketones is 1. The van der Waals surface area contributed by atoms with Gasteiger partial charge in [0.05, 0.1) is 18.7 Å². The Hall–Kier alpha value is -1.58. The Balaban J connectivity index is 2.16. The number of nitrogens with one attached hydrogen (secondary N) is 1. The number of carbonyl (C=O) groups excluding carboxylic acids is 2. The minimum atomic E-state index is -0.274.